The monoisotopic (exact) mass is 415 g/mol. The smallest absolute Gasteiger partial charge is 0.225 e. The topological polar surface area (TPSA) is 52.7 Å². The maximum absolute atomic E-state index is 13.0. The van der Waals surface area contributed by atoms with E-state index in [1.807, 2.05) is 35.2 Å². The van der Waals surface area contributed by atoms with Gasteiger partial charge >= 0.3 is 0 Å². The lowest BCUT2D eigenvalue weighted by Gasteiger charge is -2.35. The van der Waals surface area contributed by atoms with Crippen LogP contribution in [-0.2, 0) is 16.1 Å². The molecule has 1 unspecified atom stereocenters. The van der Waals surface area contributed by atoms with Gasteiger partial charge < -0.3 is 10.2 Å². The maximum atomic E-state index is 13.0. The molecule has 31 heavy (non-hydrogen) atoms. The van der Waals surface area contributed by atoms with Crippen molar-refractivity contribution in [1.29, 1.82) is 0 Å². The second kappa shape index (κ2) is 9.75. The predicted octanol–water partition coefficient (Wildman–Crippen LogP) is 3.75. The van der Waals surface area contributed by atoms with Crippen LogP contribution in [0.2, 0.25) is 0 Å². The third-order valence-electron chi connectivity index (χ3n) is 5.96. The number of piperazine rings is 1. The highest BCUT2D eigenvalue weighted by Gasteiger charge is 2.25. The van der Waals surface area contributed by atoms with Crippen LogP contribution in [0, 0.1) is 0 Å². The molecule has 0 radical (unpaired) electrons. The molecule has 160 valence electrons. The van der Waals surface area contributed by atoms with Crippen molar-refractivity contribution in [3.8, 4) is 0 Å². The Balaban J connectivity index is 1.35. The zero-order valence-corrected chi connectivity index (χ0v) is 18.0. The fourth-order valence-electron chi connectivity index (χ4n) is 4.31. The summed E-state index contributed by atoms with van der Waals surface area (Å²) in [7, 11) is 0. The molecular formula is C26H29N3O2. The predicted molar refractivity (Wildman–Crippen MR) is 123 cm³/mol. The van der Waals surface area contributed by atoms with Crippen LogP contribution in [0.4, 0.5) is 0 Å². The Kier molecular flexibility index (Phi) is 6.63. The van der Waals surface area contributed by atoms with Crippen LogP contribution in [0.3, 0.4) is 0 Å². The maximum Gasteiger partial charge on any atom is 0.225 e. The van der Waals surface area contributed by atoms with E-state index in [4.69, 9.17) is 0 Å². The molecule has 0 bridgehead atoms. The molecule has 3 aromatic rings. The zero-order chi connectivity index (χ0) is 21.6. The fourth-order valence-corrected chi connectivity index (χ4v) is 4.31. The highest BCUT2D eigenvalue weighted by atomic mass is 16.2. The molecule has 0 aliphatic carbocycles. The standard InChI is InChI=1S/C26H29N3O2/c1-20(30)27-25(22-9-3-2-4-10-22)18-26(31)29-16-14-28(15-17-29)19-23-12-7-11-21-8-5-6-13-24(21)23/h2-13,25H,14-19H2,1H3,(H,27,30). The van der Waals surface area contributed by atoms with E-state index in [9.17, 15) is 9.59 Å². The molecule has 0 saturated carbocycles. The molecular weight excluding hydrogens is 386 g/mol. The minimum Gasteiger partial charge on any atom is -0.349 e. The highest BCUT2D eigenvalue weighted by molar-refractivity contribution is 5.85. The van der Waals surface area contributed by atoms with Gasteiger partial charge in [0.15, 0.2) is 0 Å². The van der Waals surface area contributed by atoms with Crippen LogP contribution in [0.25, 0.3) is 10.8 Å². The third-order valence-corrected chi connectivity index (χ3v) is 5.96. The number of rotatable bonds is 6. The van der Waals surface area contributed by atoms with Gasteiger partial charge in [-0.05, 0) is 21.9 Å². The number of carbonyl (C=O) groups excluding carboxylic acids is 2. The van der Waals surface area contributed by atoms with Crippen LogP contribution in [0.15, 0.2) is 72.8 Å². The van der Waals surface area contributed by atoms with Crippen molar-refractivity contribution >= 4 is 22.6 Å². The zero-order valence-electron chi connectivity index (χ0n) is 18.0. The summed E-state index contributed by atoms with van der Waals surface area (Å²) in [4.78, 5) is 29.0. The van der Waals surface area contributed by atoms with Crippen molar-refractivity contribution in [2.75, 3.05) is 26.2 Å². The summed E-state index contributed by atoms with van der Waals surface area (Å²) >= 11 is 0. The molecule has 1 saturated heterocycles. The number of fused-ring (bicyclic) bond motifs is 1. The molecule has 5 heteroatoms. The Hall–Kier alpha value is -3.18. The largest absolute Gasteiger partial charge is 0.349 e. The van der Waals surface area contributed by atoms with Gasteiger partial charge in [-0.2, -0.15) is 0 Å². The van der Waals surface area contributed by atoms with Gasteiger partial charge in [-0.3, -0.25) is 14.5 Å². The van der Waals surface area contributed by atoms with Crippen LogP contribution < -0.4 is 5.32 Å². The van der Waals surface area contributed by atoms with E-state index in [0.29, 0.717) is 13.1 Å². The van der Waals surface area contributed by atoms with Gasteiger partial charge in [-0.15, -0.1) is 0 Å². The van der Waals surface area contributed by atoms with Crippen LogP contribution >= 0.6 is 0 Å². The van der Waals surface area contributed by atoms with Crippen molar-refractivity contribution in [1.82, 2.24) is 15.1 Å². The molecule has 2 amide bonds. The summed E-state index contributed by atoms with van der Waals surface area (Å²) in [5.41, 5.74) is 2.29. The molecule has 0 aromatic heterocycles. The molecule has 1 aliphatic heterocycles. The Morgan fingerprint density at radius 3 is 2.29 bits per heavy atom. The molecule has 4 rings (SSSR count). The summed E-state index contributed by atoms with van der Waals surface area (Å²) in [6, 6.07) is 24.3. The number of carbonyl (C=O) groups is 2. The van der Waals surface area contributed by atoms with Gasteiger partial charge in [-0.1, -0.05) is 72.8 Å². The molecule has 1 atom stereocenters. The van der Waals surface area contributed by atoms with Crippen molar-refractivity contribution in [2.24, 2.45) is 0 Å². The number of benzene rings is 3. The van der Waals surface area contributed by atoms with Crippen molar-refractivity contribution < 1.29 is 9.59 Å². The normalized spacial score (nSPS) is 15.6. The van der Waals surface area contributed by atoms with E-state index < -0.39 is 0 Å². The average molecular weight is 416 g/mol. The van der Waals surface area contributed by atoms with Gasteiger partial charge in [0.1, 0.15) is 0 Å². The van der Waals surface area contributed by atoms with Crippen molar-refractivity contribution in [3.63, 3.8) is 0 Å². The Morgan fingerprint density at radius 2 is 1.55 bits per heavy atom. The third kappa shape index (κ3) is 5.30. The first-order valence-electron chi connectivity index (χ1n) is 10.9. The lowest BCUT2D eigenvalue weighted by atomic mass is 10.0. The van der Waals surface area contributed by atoms with E-state index in [-0.39, 0.29) is 24.3 Å². The number of nitrogens with zero attached hydrogens (tertiary/aromatic N) is 2. The molecule has 1 aliphatic rings. The number of hydrogen-bond donors (Lipinski definition) is 1. The van der Waals surface area contributed by atoms with Gasteiger partial charge in [0.25, 0.3) is 0 Å². The quantitative estimate of drug-likeness (QED) is 0.667. The van der Waals surface area contributed by atoms with Gasteiger partial charge in [0.05, 0.1) is 12.5 Å². The molecule has 1 fully saturated rings. The van der Waals surface area contributed by atoms with E-state index in [2.05, 4.69) is 52.7 Å². The Morgan fingerprint density at radius 1 is 0.871 bits per heavy atom. The minimum atomic E-state index is -0.292. The summed E-state index contributed by atoms with van der Waals surface area (Å²) in [6.45, 7) is 5.51. The summed E-state index contributed by atoms with van der Waals surface area (Å²) in [6.07, 6.45) is 0.285. The van der Waals surface area contributed by atoms with E-state index >= 15 is 0 Å². The van der Waals surface area contributed by atoms with Crippen molar-refractivity contribution in [2.45, 2.75) is 25.9 Å². The lowest BCUT2D eigenvalue weighted by Crippen LogP contribution is -2.49. The summed E-state index contributed by atoms with van der Waals surface area (Å²) in [5.74, 6) is -0.0334. The highest BCUT2D eigenvalue weighted by Crippen LogP contribution is 2.22. The Labute approximate surface area is 183 Å². The number of amides is 2. The van der Waals surface area contributed by atoms with E-state index in [1.54, 1.807) is 0 Å². The molecule has 5 nitrogen and oxygen atoms in total. The van der Waals surface area contributed by atoms with Gasteiger partial charge in [0.2, 0.25) is 11.8 Å². The fraction of sp³-hybridized carbons (Fsp3) is 0.308. The van der Waals surface area contributed by atoms with Crippen LogP contribution in [0.1, 0.15) is 30.5 Å². The summed E-state index contributed by atoms with van der Waals surface area (Å²) < 4.78 is 0. The first-order chi connectivity index (χ1) is 15.1. The van der Waals surface area contributed by atoms with E-state index in [0.717, 1.165) is 25.2 Å². The SMILES string of the molecule is CC(=O)NC(CC(=O)N1CCN(Cc2cccc3ccccc23)CC1)c1ccccc1. The molecule has 1 N–H and O–H groups in total. The van der Waals surface area contributed by atoms with Gasteiger partial charge in [0, 0.05) is 39.6 Å². The average Bonchev–Trinajstić information content (AvgIpc) is 2.79. The first kappa shape index (κ1) is 21.1. The molecule has 3 aromatic carbocycles. The Bertz CT molecular complexity index is 1040. The van der Waals surface area contributed by atoms with Gasteiger partial charge in [-0.25, -0.2) is 0 Å². The number of hydrogen-bond acceptors (Lipinski definition) is 3. The molecule has 1 heterocycles. The number of nitrogens with one attached hydrogen (secondary N) is 1. The van der Waals surface area contributed by atoms with Crippen molar-refractivity contribution in [3.05, 3.63) is 83.9 Å². The summed E-state index contributed by atoms with van der Waals surface area (Å²) in [5, 5.41) is 5.49. The molecule has 0 spiro atoms. The second-order valence-corrected chi connectivity index (χ2v) is 8.16. The minimum absolute atomic E-state index is 0.0902. The van der Waals surface area contributed by atoms with Crippen LogP contribution in [-0.4, -0.2) is 47.8 Å². The first-order valence-corrected chi connectivity index (χ1v) is 10.9. The van der Waals surface area contributed by atoms with Crippen LogP contribution in [0.5, 0.6) is 0 Å². The lowest BCUT2D eigenvalue weighted by molar-refractivity contribution is -0.133. The van der Waals surface area contributed by atoms with E-state index in [1.165, 1.54) is 23.3 Å². The second-order valence-electron chi connectivity index (χ2n) is 8.16.